The third kappa shape index (κ3) is 2.56. The second kappa shape index (κ2) is 4.75. The summed E-state index contributed by atoms with van der Waals surface area (Å²) in [5.41, 5.74) is 1.81. The Labute approximate surface area is 93.2 Å². The molecule has 0 spiro atoms. The van der Waals surface area contributed by atoms with Gasteiger partial charge >= 0.3 is 5.97 Å². The number of hydrogen-bond acceptors (Lipinski definition) is 3. The molecule has 1 aliphatic rings. The van der Waals surface area contributed by atoms with Crippen LogP contribution in [0.2, 0.25) is 0 Å². The molecule has 0 radical (unpaired) electrons. The average molecular weight is 225 g/mol. The lowest BCUT2D eigenvalue weighted by Gasteiger charge is -2.27. The van der Waals surface area contributed by atoms with E-state index in [-0.39, 0.29) is 5.92 Å². The van der Waals surface area contributed by atoms with Crippen molar-refractivity contribution in [3.05, 3.63) is 16.6 Å². The number of hydrogen-bond donors (Lipinski definition) is 1. The summed E-state index contributed by atoms with van der Waals surface area (Å²) in [6.45, 7) is 0. The number of aliphatic carboxylic acids is 1. The molecule has 1 saturated carbocycles. The van der Waals surface area contributed by atoms with Gasteiger partial charge in [0.05, 0.1) is 11.4 Å². The fourth-order valence-electron chi connectivity index (χ4n) is 2.38. The van der Waals surface area contributed by atoms with Crippen molar-refractivity contribution in [1.82, 2.24) is 4.98 Å². The van der Waals surface area contributed by atoms with E-state index < -0.39 is 5.97 Å². The van der Waals surface area contributed by atoms with E-state index in [0.29, 0.717) is 5.92 Å². The van der Waals surface area contributed by atoms with Gasteiger partial charge in [-0.2, -0.15) is 0 Å². The predicted octanol–water partition coefficient (Wildman–Crippen LogP) is 2.58. The van der Waals surface area contributed by atoms with Crippen molar-refractivity contribution in [2.45, 2.75) is 32.1 Å². The summed E-state index contributed by atoms with van der Waals surface area (Å²) in [5, 5.41) is 9.13. The average Bonchev–Trinajstić information content (AvgIpc) is 2.71. The van der Waals surface area contributed by atoms with Gasteiger partial charge in [0.25, 0.3) is 0 Å². The van der Waals surface area contributed by atoms with E-state index in [1.165, 1.54) is 11.3 Å². The highest BCUT2D eigenvalue weighted by molar-refractivity contribution is 7.09. The van der Waals surface area contributed by atoms with Crippen LogP contribution in [-0.2, 0) is 11.2 Å². The topological polar surface area (TPSA) is 50.2 Å². The monoisotopic (exact) mass is 225 g/mol. The van der Waals surface area contributed by atoms with Gasteiger partial charge in [0.2, 0.25) is 0 Å². The minimum absolute atomic E-state index is 0.138. The van der Waals surface area contributed by atoms with Gasteiger partial charge in [-0.3, -0.25) is 9.78 Å². The number of aromatic nitrogens is 1. The van der Waals surface area contributed by atoms with Crippen LogP contribution in [0.1, 0.15) is 30.6 Å². The minimum atomic E-state index is -0.621. The third-order valence-corrected chi connectivity index (χ3v) is 3.98. The van der Waals surface area contributed by atoms with Crippen molar-refractivity contribution >= 4 is 17.3 Å². The molecule has 2 atom stereocenters. The van der Waals surface area contributed by atoms with Gasteiger partial charge < -0.3 is 5.11 Å². The Morgan fingerprint density at radius 2 is 2.33 bits per heavy atom. The molecule has 0 aromatic carbocycles. The van der Waals surface area contributed by atoms with Gasteiger partial charge in [-0.1, -0.05) is 12.8 Å². The quantitative estimate of drug-likeness (QED) is 0.860. The summed E-state index contributed by atoms with van der Waals surface area (Å²) < 4.78 is 0. The van der Waals surface area contributed by atoms with E-state index in [9.17, 15) is 4.79 Å². The summed E-state index contributed by atoms with van der Waals surface area (Å²) in [4.78, 5) is 16.3. The molecule has 3 nitrogen and oxygen atoms in total. The van der Waals surface area contributed by atoms with Crippen LogP contribution >= 0.6 is 11.3 Å². The fourth-order valence-corrected chi connectivity index (χ4v) is 3.07. The molecule has 0 amide bonds. The first kappa shape index (κ1) is 10.6. The van der Waals surface area contributed by atoms with E-state index in [0.717, 1.165) is 25.7 Å². The standard InChI is InChI=1S/C11H15NO2S/c13-11(14)10-4-2-1-3-8(10)5-9-6-12-7-15-9/h6-8,10H,1-5H2,(H,13,14). The van der Waals surface area contributed by atoms with Gasteiger partial charge in [-0.15, -0.1) is 11.3 Å². The highest BCUT2D eigenvalue weighted by Crippen LogP contribution is 2.33. The number of nitrogens with zero attached hydrogens (tertiary/aromatic N) is 1. The molecular weight excluding hydrogens is 210 g/mol. The first-order valence-electron chi connectivity index (χ1n) is 5.37. The van der Waals surface area contributed by atoms with Crippen molar-refractivity contribution < 1.29 is 9.90 Å². The molecule has 1 aliphatic carbocycles. The molecule has 4 heteroatoms. The van der Waals surface area contributed by atoms with Crippen LogP contribution in [0, 0.1) is 11.8 Å². The highest BCUT2D eigenvalue weighted by Gasteiger charge is 2.30. The zero-order valence-corrected chi connectivity index (χ0v) is 9.37. The Kier molecular flexibility index (Phi) is 3.36. The molecule has 2 rings (SSSR count). The van der Waals surface area contributed by atoms with E-state index in [1.54, 1.807) is 11.3 Å². The first-order chi connectivity index (χ1) is 7.27. The Morgan fingerprint density at radius 1 is 1.53 bits per heavy atom. The van der Waals surface area contributed by atoms with Crippen LogP contribution in [0.25, 0.3) is 0 Å². The molecule has 1 aromatic rings. The number of rotatable bonds is 3. The van der Waals surface area contributed by atoms with Crippen LogP contribution < -0.4 is 0 Å². The third-order valence-electron chi connectivity index (χ3n) is 3.17. The molecule has 15 heavy (non-hydrogen) atoms. The van der Waals surface area contributed by atoms with E-state index in [2.05, 4.69) is 4.98 Å². The number of thiazole rings is 1. The van der Waals surface area contributed by atoms with E-state index in [4.69, 9.17) is 5.11 Å². The summed E-state index contributed by atoms with van der Waals surface area (Å²) in [6, 6.07) is 0. The SMILES string of the molecule is O=C(O)C1CCCCC1Cc1cncs1. The number of carboxylic acids is 1. The van der Waals surface area contributed by atoms with Gasteiger partial charge in [-0.05, 0) is 25.2 Å². The molecular formula is C11H15NO2S. The lowest BCUT2D eigenvalue weighted by Crippen LogP contribution is -2.28. The van der Waals surface area contributed by atoms with Crippen molar-refractivity contribution in [3.8, 4) is 0 Å². The van der Waals surface area contributed by atoms with Crippen LogP contribution in [-0.4, -0.2) is 16.1 Å². The fraction of sp³-hybridized carbons (Fsp3) is 0.636. The van der Waals surface area contributed by atoms with Crippen molar-refractivity contribution in [2.75, 3.05) is 0 Å². The number of carboxylic acid groups (broad SMARTS) is 1. The maximum Gasteiger partial charge on any atom is 0.306 e. The Bertz CT molecular complexity index is 323. The number of carbonyl (C=O) groups is 1. The summed E-state index contributed by atoms with van der Waals surface area (Å²) in [6.07, 6.45) is 6.89. The molecule has 2 unspecified atom stereocenters. The van der Waals surface area contributed by atoms with Crippen molar-refractivity contribution in [1.29, 1.82) is 0 Å². The maximum atomic E-state index is 11.1. The smallest absolute Gasteiger partial charge is 0.306 e. The van der Waals surface area contributed by atoms with Gasteiger partial charge in [-0.25, -0.2) is 0 Å². The van der Waals surface area contributed by atoms with Gasteiger partial charge in [0.1, 0.15) is 0 Å². The van der Waals surface area contributed by atoms with Crippen LogP contribution in [0.4, 0.5) is 0 Å². The van der Waals surface area contributed by atoms with Crippen LogP contribution in [0.3, 0.4) is 0 Å². The maximum absolute atomic E-state index is 11.1. The second-order valence-electron chi connectivity index (χ2n) is 4.16. The van der Waals surface area contributed by atoms with Crippen LogP contribution in [0.15, 0.2) is 11.7 Å². The molecule has 1 aromatic heterocycles. The minimum Gasteiger partial charge on any atom is -0.481 e. The zero-order valence-electron chi connectivity index (χ0n) is 8.56. The highest BCUT2D eigenvalue weighted by atomic mass is 32.1. The Balaban J connectivity index is 2.02. The predicted molar refractivity (Wildman–Crippen MR) is 58.9 cm³/mol. The molecule has 1 heterocycles. The lowest BCUT2D eigenvalue weighted by atomic mass is 9.77. The van der Waals surface area contributed by atoms with E-state index in [1.807, 2.05) is 11.7 Å². The van der Waals surface area contributed by atoms with Gasteiger partial charge in [0, 0.05) is 11.1 Å². The summed E-state index contributed by atoms with van der Waals surface area (Å²) >= 11 is 1.63. The lowest BCUT2D eigenvalue weighted by molar-refractivity contribution is -0.144. The van der Waals surface area contributed by atoms with Crippen molar-refractivity contribution in [2.24, 2.45) is 11.8 Å². The molecule has 0 saturated heterocycles. The summed E-state index contributed by atoms with van der Waals surface area (Å²) in [5.74, 6) is -0.443. The Morgan fingerprint density at radius 3 is 3.00 bits per heavy atom. The molecule has 0 aliphatic heterocycles. The second-order valence-corrected chi connectivity index (χ2v) is 5.13. The molecule has 1 N–H and O–H groups in total. The first-order valence-corrected chi connectivity index (χ1v) is 6.25. The molecule has 82 valence electrons. The van der Waals surface area contributed by atoms with Crippen LogP contribution in [0.5, 0.6) is 0 Å². The van der Waals surface area contributed by atoms with E-state index >= 15 is 0 Å². The Hall–Kier alpha value is -0.900. The van der Waals surface area contributed by atoms with Crippen molar-refractivity contribution in [3.63, 3.8) is 0 Å². The molecule has 1 fully saturated rings. The largest absolute Gasteiger partial charge is 0.481 e. The summed E-state index contributed by atoms with van der Waals surface area (Å²) in [7, 11) is 0. The zero-order chi connectivity index (χ0) is 10.7. The van der Waals surface area contributed by atoms with Gasteiger partial charge in [0.15, 0.2) is 0 Å². The normalized spacial score (nSPS) is 26.4. The molecule has 0 bridgehead atoms.